The van der Waals surface area contributed by atoms with Gasteiger partial charge >= 0.3 is 17.9 Å². The third kappa shape index (κ3) is 53.8. The highest BCUT2D eigenvalue weighted by Gasteiger charge is 2.19. The topological polar surface area (TPSA) is 78.9 Å². The van der Waals surface area contributed by atoms with Crippen molar-refractivity contribution in [2.45, 2.75) is 290 Å². The Morgan fingerprint density at radius 3 is 0.956 bits per heavy atom. The summed E-state index contributed by atoms with van der Waals surface area (Å²) in [6.45, 7) is 6.50. The van der Waals surface area contributed by atoms with E-state index in [4.69, 9.17) is 14.2 Å². The molecule has 0 amide bonds. The van der Waals surface area contributed by atoms with E-state index in [1.54, 1.807) is 0 Å². The molecule has 0 fully saturated rings. The number of esters is 3. The second-order valence-corrected chi connectivity index (χ2v) is 19.2. The number of unbranched alkanes of at least 4 members (excludes halogenated alkanes) is 29. The first kappa shape index (κ1) is 64.8. The molecule has 0 spiro atoms. The zero-order valence-electron chi connectivity index (χ0n) is 44.9. The van der Waals surface area contributed by atoms with E-state index in [1.807, 2.05) is 0 Å². The van der Waals surface area contributed by atoms with Crippen LogP contribution in [0.2, 0.25) is 0 Å². The van der Waals surface area contributed by atoms with E-state index in [-0.39, 0.29) is 31.1 Å². The van der Waals surface area contributed by atoms with Crippen LogP contribution in [-0.2, 0) is 28.6 Å². The van der Waals surface area contributed by atoms with Crippen LogP contribution in [0.4, 0.5) is 0 Å². The average molecular weight is 950 g/mol. The van der Waals surface area contributed by atoms with Gasteiger partial charge in [0.1, 0.15) is 13.2 Å². The predicted molar refractivity (Wildman–Crippen MR) is 293 cm³/mol. The quantitative estimate of drug-likeness (QED) is 0.0262. The van der Waals surface area contributed by atoms with Crippen molar-refractivity contribution in [3.8, 4) is 0 Å². The van der Waals surface area contributed by atoms with E-state index in [0.29, 0.717) is 19.3 Å². The monoisotopic (exact) mass is 949 g/mol. The minimum absolute atomic E-state index is 0.0856. The SMILES string of the molecule is CC/C=C\C/C=C\C/C=C\CCCCCCCCCCCC(=O)OCC(COC(=O)CCCCC/C=C\CCCCCCCCC)OC(=O)CCCCCCCCC/C=C\C/C=C\CCCCC. The molecule has 0 saturated heterocycles. The Kier molecular flexibility index (Phi) is 53.8. The molecular weight excluding hydrogens is 841 g/mol. The van der Waals surface area contributed by atoms with Crippen molar-refractivity contribution in [1.82, 2.24) is 0 Å². The molecule has 0 aliphatic heterocycles. The normalized spacial score (nSPS) is 12.6. The Balaban J connectivity index is 4.40. The van der Waals surface area contributed by atoms with E-state index >= 15 is 0 Å². The van der Waals surface area contributed by atoms with Gasteiger partial charge in [-0.05, 0) is 109 Å². The van der Waals surface area contributed by atoms with Gasteiger partial charge in [0.15, 0.2) is 6.10 Å². The van der Waals surface area contributed by atoms with Crippen LogP contribution in [0.15, 0.2) is 72.9 Å². The van der Waals surface area contributed by atoms with Crippen molar-refractivity contribution in [1.29, 1.82) is 0 Å². The first-order valence-corrected chi connectivity index (χ1v) is 28.9. The van der Waals surface area contributed by atoms with Crippen molar-refractivity contribution in [2.24, 2.45) is 0 Å². The zero-order chi connectivity index (χ0) is 49.3. The van der Waals surface area contributed by atoms with Gasteiger partial charge in [-0.1, -0.05) is 229 Å². The summed E-state index contributed by atoms with van der Waals surface area (Å²) < 4.78 is 16.9. The van der Waals surface area contributed by atoms with Crippen molar-refractivity contribution < 1.29 is 28.6 Å². The van der Waals surface area contributed by atoms with E-state index in [9.17, 15) is 14.4 Å². The van der Waals surface area contributed by atoms with Gasteiger partial charge in [-0.2, -0.15) is 0 Å². The highest BCUT2D eigenvalue weighted by atomic mass is 16.6. The number of carbonyl (C=O) groups is 3. The van der Waals surface area contributed by atoms with Crippen LogP contribution < -0.4 is 0 Å². The van der Waals surface area contributed by atoms with Crippen LogP contribution in [-0.4, -0.2) is 37.2 Å². The molecule has 6 nitrogen and oxygen atoms in total. The minimum atomic E-state index is -0.788. The van der Waals surface area contributed by atoms with Gasteiger partial charge in [-0.15, -0.1) is 0 Å². The number of rotatable bonds is 52. The average Bonchev–Trinajstić information content (AvgIpc) is 3.34. The Morgan fingerprint density at radius 1 is 0.309 bits per heavy atom. The lowest BCUT2D eigenvalue weighted by Gasteiger charge is -2.18. The van der Waals surface area contributed by atoms with E-state index < -0.39 is 6.10 Å². The van der Waals surface area contributed by atoms with Gasteiger partial charge in [0, 0.05) is 19.3 Å². The van der Waals surface area contributed by atoms with E-state index in [0.717, 1.165) is 103 Å². The summed E-state index contributed by atoms with van der Waals surface area (Å²) in [7, 11) is 0. The summed E-state index contributed by atoms with van der Waals surface area (Å²) >= 11 is 0. The Labute approximate surface area is 421 Å². The number of hydrogen-bond acceptors (Lipinski definition) is 6. The van der Waals surface area contributed by atoms with Crippen molar-refractivity contribution >= 4 is 17.9 Å². The van der Waals surface area contributed by atoms with Crippen LogP contribution >= 0.6 is 0 Å². The zero-order valence-corrected chi connectivity index (χ0v) is 44.9. The van der Waals surface area contributed by atoms with Gasteiger partial charge in [-0.3, -0.25) is 14.4 Å². The summed E-state index contributed by atoms with van der Waals surface area (Å²) in [5, 5.41) is 0. The molecule has 0 aromatic heterocycles. The van der Waals surface area contributed by atoms with Crippen LogP contribution in [0.5, 0.6) is 0 Å². The van der Waals surface area contributed by atoms with Gasteiger partial charge in [0.05, 0.1) is 0 Å². The largest absolute Gasteiger partial charge is 0.462 e. The molecule has 0 heterocycles. The predicted octanol–water partition coefficient (Wildman–Crippen LogP) is 19.4. The van der Waals surface area contributed by atoms with Crippen molar-refractivity contribution in [2.75, 3.05) is 13.2 Å². The molecule has 0 aliphatic rings. The first-order valence-electron chi connectivity index (χ1n) is 28.9. The molecule has 6 heteroatoms. The maximum absolute atomic E-state index is 12.9. The highest BCUT2D eigenvalue weighted by molar-refractivity contribution is 5.71. The molecule has 392 valence electrons. The van der Waals surface area contributed by atoms with Gasteiger partial charge in [0.2, 0.25) is 0 Å². The molecule has 1 unspecified atom stereocenters. The molecule has 0 aromatic rings. The second kappa shape index (κ2) is 56.4. The Bertz CT molecular complexity index is 1270. The fraction of sp³-hybridized carbons (Fsp3) is 0.758. The van der Waals surface area contributed by atoms with Crippen molar-refractivity contribution in [3.63, 3.8) is 0 Å². The first-order chi connectivity index (χ1) is 33.5. The standard InChI is InChI=1S/C62H108O6/c1-4-7-10-13-16-19-22-25-28-30-31-33-34-37-40-43-46-49-52-55-61(64)67-58-59(57-66-60(63)54-51-48-45-42-39-36-27-24-21-18-15-12-9-6-3)68-62(65)56-53-50-47-44-41-38-35-32-29-26-23-20-17-14-11-8-5-2/h7,10,16-17,19-20,25-26,28-29,36,39,59H,4-6,8-9,11-15,18,21-24,27,30-35,37-38,40-58H2,1-3H3/b10-7-,19-16-,20-17-,28-25-,29-26-,39-36-. The third-order valence-electron chi connectivity index (χ3n) is 12.4. The van der Waals surface area contributed by atoms with Gasteiger partial charge in [-0.25, -0.2) is 0 Å². The van der Waals surface area contributed by atoms with Crippen LogP contribution in [0, 0.1) is 0 Å². The lowest BCUT2D eigenvalue weighted by atomic mass is 10.1. The molecule has 0 aromatic carbocycles. The maximum Gasteiger partial charge on any atom is 0.306 e. The van der Waals surface area contributed by atoms with E-state index in [2.05, 4.69) is 93.7 Å². The smallest absolute Gasteiger partial charge is 0.306 e. The van der Waals surface area contributed by atoms with Crippen molar-refractivity contribution in [3.05, 3.63) is 72.9 Å². The van der Waals surface area contributed by atoms with Gasteiger partial charge in [0.25, 0.3) is 0 Å². The Morgan fingerprint density at radius 2 is 0.574 bits per heavy atom. The van der Waals surface area contributed by atoms with Gasteiger partial charge < -0.3 is 14.2 Å². The summed E-state index contributed by atoms with van der Waals surface area (Å²) in [6, 6.07) is 0. The molecule has 1 atom stereocenters. The van der Waals surface area contributed by atoms with E-state index in [1.165, 1.54) is 141 Å². The Hall–Kier alpha value is -3.15. The second-order valence-electron chi connectivity index (χ2n) is 19.2. The number of ether oxygens (including phenoxy) is 3. The summed E-state index contributed by atoms with van der Waals surface area (Å²) in [4.78, 5) is 38.2. The minimum Gasteiger partial charge on any atom is -0.462 e. The molecule has 0 bridgehead atoms. The molecule has 0 aliphatic carbocycles. The molecule has 0 saturated carbocycles. The molecule has 0 N–H and O–H groups in total. The number of carbonyl (C=O) groups excluding carboxylic acids is 3. The lowest BCUT2D eigenvalue weighted by Crippen LogP contribution is -2.30. The summed E-state index contributed by atoms with van der Waals surface area (Å²) in [6.07, 6.45) is 71.7. The number of allylic oxidation sites excluding steroid dienone is 12. The maximum atomic E-state index is 12.9. The van der Waals surface area contributed by atoms with Crippen LogP contribution in [0.25, 0.3) is 0 Å². The molecule has 68 heavy (non-hydrogen) atoms. The lowest BCUT2D eigenvalue weighted by molar-refractivity contribution is -0.167. The summed E-state index contributed by atoms with van der Waals surface area (Å²) in [5.74, 6) is -0.906. The highest BCUT2D eigenvalue weighted by Crippen LogP contribution is 2.15. The van der Waals surface area contributed by atoms with Crippen LogP contribution in [0.1, 0.15) is 284 Å². The molecule has 0 radical (unpaired) electrons. The summed E-state index contributed by atoms with van der Waals surface area (Å²) in [5.41, 5.74) is 0. The fourth-order valence-corrected chi connectivity index (χ4v) is 8.07. The molecular formula is C62H108O6. The third-order valence-corrected chi connectivity index (χ3v) is 12.4. The van der Waals surface area contributed by atoms with Crippen LogP contribution in [0.3, 0.4) is 0 Å². The molecule has 0 rings (SSSR count). The fourth-order valence-electron chi connectivity index (χ4n) is 8.07. The number of hydrogen-bond donors (Lipinski definition) is 0.